The molecule has 0 saturated carbocycles. The van der Waals surface area contributed by atoms with Crippen molar-refractivity contribution in [1.82, 2.24) is 14.8 Å². The molecule has 1 aliphatic heterocycles. The number of amides is 1. The highest BCUT2D eigenvalue weighted by molar-refractivity contribution is 5.85. The zero-order chi connectivity index (χ0) is 20.2. The van der Waals surface area contributed by atoms with Crippen LogP contribution in [-0.2, 0) is 11.3 Å². The normalized spacial score (nSPS) is 14.9. The van der Waals surface area contributed by atoms with Crippen molar-refractivity contribution in [1.29, 1.82) is 0 Å². The predicted molar refractivity (Wildman–Crippen MR) is 118 cm³/mol. The van der Waals surface area contributed by atoms with Crippen molar-refractivity contribution < 1.29 is 4.79 Å². The van der Waals surface area contributed by atoms with Crippen LogP contribution < -0.4 is 4.90 Å². The molecule has 0 bridgehead atoms. The molecule has 3 aromatic rings. The van der Waals surface area contributed by atoms with Gasteiger partial charge in [-0.25, -0.2) is 0 Å². The zero-order valence-electron chi connectivity index (χ0n) is 17.2. The number of aryl methyl sites for hydroxylation is 1. The molecule has 0 radical (unpaired) electrons. The number of likely N-dealkylation sites (N-methyl/N-ethyl adjacent to an activating group) is 1. The van der Waals surface area contributed by atoms with E-state index in [9.17, 15) is 4.79 Å². The maximum absolute atomic E-state index is 12.8. The summed E-state index contributed by atoms with van der Waals surface area (Å²) >= 11 is 0. The second-order valence-electron chi connectivity index (χ2n) is 7.87. The first-order chi connectivity index (χ1) is 14.1. The van der Waals surface area contributed by atoms with Crippen molar-refractivity contribution in [2.45, 2.75) is 13.5 Å². The molecule has 0 aliphatic carbocycles. The molecule has 1 saturated heterocycles. The number of anilines is 1. The molecule has 0 unspecified atom stereocenters. The fraction of sp³-hybridized carbons (Fsp3) is 0.333. The molecule has 0 N–H and O–H groups in total. The quantitative estimate of drug-likeness (QED) is 0.672. The second kappa shape index (κ2) is 8.62. The Morgan fingerprint density at radius 2 is 1.86 bits per heavy atom. The smallest absolute Gasteiger partial charge is 0.236 e. The van der Waals surface area contributed by atoms with E-state index >= 15 is 0 Å². The fourth-order valence-corrected chi connectivity index (χ4v) is 3.97. The van der Waals surface area contributed by atoms with Crippen molar-refractivity contribution >= 4 is 22.4 Å². The van der Waals surface area contributed by atoms with E-state index in [0.717, 1.165) is 42.5 Å². The fourth-order valence-electron chi connectivity index (χ4n) is 3.97. The monoisotopic (exact) mass is 388 g/mol. The summed E-state index contributed by atoms with van der Waals surface area (Å²) in [4.78, 5) is 23.5. The third kappa shape index (κ3) is 4.57. The van der Waals surface area contributed by atoms with E-state index in [1.165, 1.54) is 11.3 Å². The first-order valence-electron chi connectivity index (χ1n) is 10.2. The van der Waals surface area contributed by atoms with Gasteiger partial charge in [-0.15, -0.1) is 0 Å². The Labute approximate surface area is 172 Å². The Balaban J connectivity index is 1.32. The first-order valence-corrected chi connectivity index (χ1v) is 10.2. The van der Waals surface area contributed by atoms with Gasteiger partial charge in [0.2, 0.25) is 5.91 Å². The SMILES string of the molecule is Cc1cccc(N2CCN(CC(=O)N(C)Cc3cccc4cnccc34)CC2)c1. The standard InChI is InChI=1S/C24H28N4O/c1-19-5-3-8-22(15-19)28-13-11-27(12-14-28)18-24(29)26(2)17-21-7-4-6-20-16-25-10-9-23(20)21/h3-10,15-16H,11-14,17-18H2,1-2H3. The number of rotatable bonds is 5. The molecule has 1 aliphatic rings. The van der Waals surface area contributed by atoms with Crippen LogP contribution in [0.25, 0.3) is 10.8 Å². The van der Waals surface area contributed by atoms with Gasteiger partial charge in [-0.05, 0) is 41.6 Å². The summed E-state index contributed by atoms with van der Waals surface area (Å²) in [7, 11) is 1.89. The van der Waals surface area contributed by atoms with Gasteiger partial charge >= 0.3 is 0 Å². The Kier molecular flexibility index (Phi) is 5.76. The number of nitrogens with zero attached hydrogens (tertiary/aromatic N) is 4. The molecule has 2 heterocycles. The predicted octanol–water partition coefficient (Wildman–Crippen LogP) is 3.32. The van der Waals surface area contributed by atoms with E-state index in [2.05, 4.69) is 58.1 Å². The van der Waals surface area contributed by atoms with Crippen molar-refractivity contribution in [2.75, 3.05) is 44.7 Å². The van der Waals surface area contributed by atoms with Crippen molar-refractivity contribution in [3.05, 3.63) is 72.1 Å². The highest BCUT2D eigenvalue weighted by Gasteiger charge is 2.21. The first kappa shape index (κ1) is 19.4. The summed E-state index contributed by atoms with van der Waals surface area (Å²) in [5.74, 6) is 0.167. The Bertz CT molecular complexity index is 990. The average Bonchev–Trinajstić information content (AvgIpc) is 2.74. The maximum atomic E-state index is 12.8. The summed E-state index contributed by atoms with van der Waals surface area (Å²) in [6.07, 6.45) is 3.68. The topological polar surface area (TPSA) is 39.7 Å². The molecule has 29 heavy (non-hydrogen) atoms. The van der Waals surface area contributed by atoms with Gasteiger partial charge in [-0.3, -0.25) is 14.7 Å². The summed E-state index contributed by atoms with van der Waals surface area (Å²) in [5.41, 5.74) is 3.72. The van der Waals surface area contributed by atoms with Gasteiger partial charge in [0.25, 0.3) is 0 Å². The van der Waals surface area contributed by atoms with Crippen LogP contribution >= 0.6 is 0 Å². The van der Waals surface area contributed by atoms with Crippen LogP contribution in [0, 0.1) is 6.92 Å². The number of carbonyl (C=O) groups is 1. The molecule has 4 rings (SSSR count). The summed E-state index contributed by atoms with van der Waals surface area (Å²) in [6, 6.07) is 16.8. The molecule has 150 valence electrons. The summed E-state index contributed by atoms with van der Waals surface area (Å²) in [6.45, 7) is 6.95. The second-order valence-corrected chi connectivity index (χ2v) is 7.87. The van der Waals surface area contributed by atoms with Gasteiger partial charge in [0.05, 0.1) is 6.54 Å². The average molecular weight is 389 g/mol. The Hall–Kier alpha value is -2.92. The minimum atomic E-state index is 0.167. The zero-order valence-corrected chi connectivity index (χ0v) is 17.2. The number of pyridine rings is 1. The van der Waals surface area contributed by atoms with E-state index in [0.29, 0.717) is 13.1 Å². The van der Waals surface area contributed by atoms with Gasteiger partial charge in [0, 0.05) is 63.2 Å². The molecule has 1 amide bonds. The van der Waals surface area contributed by atoms with Crippen LogP contribution in [0.4, 0.5) is 5.69 Å². The third-order valence-electron chi connectivity index (χ3n) is 5.70. The lowest BCUT2D eigenvalue weighted by Gasteiger charge is -2.36. The number of hydrogen-bond donors (Lipinski definition) is 0. The number of piperazine rings is 1. The van der Waals surface area contributed by atoms with E-state index in [1.807, 2.05) is 30.3 Å². The van der Waals surface area contributed by atoms with Crippen LogP contribution in [-0.4, -0.2) is 60.5 Å². The highest BCUT2D eigenvalue weighted by atomic mass is 16.2. The van der Waals surface area contributed by atoms with Gasteiger partial charge < -0.3 is 9.80 Å². The lowest BCUT2D eigenvalue weighted by Crippen LogP contribution is -2.49. The molecule has 1 aromatic heterocycles. The van der Waals surface area contributed by atoms with Crippen LogP contribution in [0.15, 0.2) is 60.9 Å². The molecule has 0 atom stereocenters. The van der Waals surface area contributed by atoms with E-state index in [-0.39, 0.29) is 5.91 Å². The van der Waals surface area contributed by atoms with E-state index < -0.39 is 0 Å². The van der Waals surface area contributed by atoms with Crippen molar-refractivity contribution in [2.24, 2.45) is 0 Å². The minimum absolute atomic E-state index is 0.167. The van der Waals surface area contributed by atoms with Gasteiger partial charge in [-0.2, -0.15) is 0 Å². The van der Waals surface area contributed by atoms with Gasteiger partial charge in [0.15, 0.2) is 0 Å². The molecule has 5 nitrogen and oxygen atoms in total. The number of carbonyl (C=O) groups excluding carboxylic acids is 1. The number of hydrogen-bond acceptors (Lipinski definition) is 4. The summed E-state index contributed by atoms with van der Waals surface area (Å²) in [5, 5.41) is 2.27. The summed E-state index contributed by atoms with van der Waals surface area (Å²) < 4.78 is 0. The van der Waals surface area contributed by atoms with Gasteiger partial charge in [0.1, 0.15) is 0 Å². The Morgan fingerprint density at radius 1 is 1.07 bits per heavy atom. The molecule has 5 heteroatoms. The maximum Gasteiger partial charge on any atom is 0.236 e. The van der Waals surface area contributed by atoms with Crippen LogP contribution in [0.1, 0.15) is 11.1 Å². The van der Waals surface area contributed by atoms with E-state index in [4.69, 9.17) is 0 Å². The number of benzene rings is 2. The minimum Gasteiger partial charge on any atom is -0.369 e. The molecular formula is C24H28N4O. The molecular weight excluding hydrogens is 360 g/mol. The molecule has 0 spiro atoms. The van der Waals surface area contributed by atoms with Crippen LogP contribution in [0.3, 0.4) is 0 Å². The molecule has 2 aromatic carbocycles. The lowest BCUT2D eigenvalue weighted by atomic mass is 10.1. The van der Waals surface area contributed by atoms with Crippen LogP contribution in [0.5, 0.6) is 0 Å². The number of aromatic nitrogens is 1. The Morgan fingerprint density at radius 3 is 2.66 bits per heavy atom. The van der Waals surface area contributed by atoms with Gasteiger partial charge in [-0.1, -0.05) is 30.3 Å². The van der Waals surface area contributed by atoms with E-state index in [1.54, 1.807) is 6.20 Å². The number of fused-ring (bicyclic) bond motifs is 1. The van der Waals surface area contributed by atoms with Crippen molar-refractivity contribution in [3.63, 3.8) is 0 Å². The molecule has 1 fully saturated rings. The largest absolute Gasteiger partial charge is 0.369 e. The van der Waals surface area contributed by atoms with Crippen LogP contribution in [0.2, 0.25) is 0 Å². The lowest BCUT2D eigenvalue weighted by molar-refractivity contribution is -0.131. The third-order valence-corrected chi connectivity index (χ3v) is 5.70. The highest BCUT2D eigenvalue weighted by Crippen LogP contribution is 2.20. The van der Waals surface area contributed by atoms with Crippen molar-refractivity contribution in [3.8, 4) is 0 Å².